The smallest absolute Gasteiger partial charge is 0.0668 e. The molecule has 0 spiro atoms. The van der Waals surface area contributed by atoms with Crippen molar-refractivity contribution < 1.29 is 0 Å². The molecule has 0 saturated heterocycles. The van der Waals surface area contributed by atoms with Crippen LogP contribution in [-0.2, 0) is 0 Å². The van der Waals surface area contributed by atoms with Crippen molar-refractivity contribution in [2.24, 2.45) is 10.7 Å². The third kappa shape index (κ3) is 1.14. The predicted octanol–water partition coefficient (Wildman–Crippen LogP) is 1.56. The van der Waals surface area contributed by atoms with Gasteiger partial charge in [-0.05, 0) is 25.0 Å². The molecule has 2 nitrogen and oxygen atoms in total. The lowest BCUT2D eigenvalue weighted by molar-refractivity contribution is 0.983. The molecule has 1 heterocycles. The van der Waals surface area contributed by atoms with Crippen LogP contribution in [0.1, 0.15) is 12.8 Å². The predicted molar refractivity (Wildman–Crippen MR) is 51.0 cm³/mol. The first-order chi connectivity index (χ1) is 5.92. The highest BCUT2D eigenvalue weighted by atomic mass is 14.8. The number of allylic oxidation sites excluding steroid dienone is 3. The number of nitrogens with zero attached hydrogens (tertiary/aromatic N) is 1. The lowest BCUT2D eigenvalue weighted by Crippen LogP contribution is -2.01. The van der Waals surface area contributed by atoms with Crippen LogP contribution in [0.5, 0.6) is 0 Å². The first-order valence-corrected chi connectivity index (χ1v) is 4.26. The summed E-state index contributed by atoms with van der Waals surface area (Å²) in [4.78, 5) is 4.31. The quantitative estimate of drug-likeness (QED) is 0.654. The third-order valence-corrected chi connectivity index (χ3v) is 2.13. The van der Waals surface area contributed by atoms with Gasteiger partial charge in [-0.1, -0.05) is 18.2 Å². The molecule has 0 aromatic rings. The summed E-state index contributed by atoms with van der Waals surface area (Å²) < 4.78 is 0. The van der Waals surface area contributed by atoms with Gasteiger partial charge in [0.1, 0.15) is 0 Å². The van der Waals surface area contributed by atoms with Crippen molar-refractivity contribution in [1.82, 2.24) is 0 Å². The van der Waals surface area contributed by atoms with Crippen molar-refractivity contribution in [3.63, 3.8) is 0 Å². The summed E-state index contributed by atoms with van der Waals surface area (Å²) >= 11 is 0. The molecule has 2 aliphatic rings. The Morgan fingerprint density at radius 2 is 2.42 bits per heavy atom. The molecule has 1 aliphatic heterocycles. The first kappa shape index (κ1) is 7.50. The van der Waals surface area contributed by atoms with E-state index in [9.17, 15) is 0 Å². The number of fused-ring (bicyclic) bond motifs is 1. The molecule has 0 bridgehead atoms. The van der Waals surface area contributed by atoms with Crippen molar-refractivity contribution in [1.29, 1.82) is 0 Å². The van der Waals surface area contributed by atoms with Gasteiger partial charge in [-0.3, -0.25) is 4.99 Å². The topological polar surface area (TPSA) is 38.4 Å². The fourth-order valence-electron chi connectivity index (χ4n) is 1.53. The Kier molecular flexibility index (Phi) is 1.92. The summed E-state index contributed by atoms with van der Waals surface area (Å²) in [6, 6.07) is 0. The Labute approximate surface area is 72.2 Å². The monoisotopic (exact) mass is 160 g/mol. The Morgan fingerprint density at radius 1 is 1.50 bits per heavy atom. The van der Waals surface area contributed by atoms with Crippen LogP contribution in [0.4, 0.5) is 0 Å². The van der Waals surface area contributed by atoms with Gasteiger partial charge in [-0.2, -0.15) is 0 Å². The van der Waals surface area contributed by atoms with E-state index in [1.165, 1.54) is 11.1 Å². The molecule has 2 rings (SSSR count). The van der Waals surface area contributed by atoms with Gasteiger partial charge in [-0.15, -0.1) is 0 Å². The van der Waals surface area contributed by atoms with Crippen molar-refractivity contribution in [2.45, 2.75) is 12.8 Å². The Hall–Kier alpha value is -1.15. The molecule has 2 heteroatoms. The second kappa shape index (κ2) is 3.07. The van der Waals surface area contributed by atoms with Crippen molar-refractivity contribution in [3.05, 3.63) is 35.1 Å². The minimum absolute atomic E-state index is 0.700. The number of hydrogen-bond donors (Lipinski definition) is 1. The Morgan fingerprint density at radius 3 is 3.25 bits per heavy atom. The second-order valence-electron chi connectivity index (χ2n) is 2.96. The van der Waals surface area contributed by atoms with E-state index in [4.69, 9.17) is 5.73 Å². The normalized spacial score (nSPS) is 19.9. The molecule has 12 heavy (non-hydrogen) atoms. The molecule has 0 unspecified atom stereocenters. The summed E-state index contributed by atoms with van der Waals surface area (Å²) in [5.74, 6) is 0. The maximum atomic E-state index is 5.49. The van der Waals surface area contributed by atoms with Gasteiger partial charge in [-0.25, -0.2) is 0 Å². The second-order valence-corrected chi connectivity index (χ2v) is 2.96. The van der Waals surface area contributed by atoms with E-state index in [2.05, 4.69) is 23.2 Å². The third-order valence-electron chi connectivity index (χ3n) is 2.13. The van der Waals surface area contributed by atoms with Gasteiger partial charge >= 0.3 is 0 Å². The van der Waals surface area contributed by atoms with Crippen LogP contribution >= 0.6 is 0 Å². The molecule has 1 aliphatic carbocycles. The summed E-state index contributed by atoms with van der Waals surface area (Å²) in [5.41, 5.74) is 9.16. The fraction of sp³-hybridized carbons (Fsp3) is 0.300. The largest absolute Gasteiger partial charge is 0.330 e. The summed E-state index contributed by atoms with van der Waals surface area (Å²) in [5, 5.41) is 0. The standard InChI is InChI=1S/C10H12N2/c11-6-5-8-7-12-10-4-2-1-3-9(8)10/h1,3-4,7H,2,5-6,11H2. The highest BCUT2D eigenvalue weighted by molar-refractivity contribution is 5.87. The average molecular weight is 160 g/mol. The molecular formula is C10H12N2. The van der Waals surface area contributed by atoms with E-state index in [-0.39, 0.29) is 0 Å². The SMILES string of the molecule is NCCC1=C2C=CCC=C2N=C1. The zero-order valence-corrected chi connectivity index (χ0v) is 6.96. The Bertz CT molecular complexity index is 306. The molecule has 0 aromatic heterocycles. The number of aliphatic imine (C=N–C) groups is 1. The lowest BCUT2D eigenvalue weighted by Gasteiger charge is -2.04. The van der Waals surface area contributed by atoms with E-state index >= 15 is 0 Å². The van der Waals surface area contributed by atoms with E-state index in [0.717, 1.165) is 18.5 Å². The first-order valence-electron chi connectivity index (χ1n) is 4.26. The summed E-state index contributed by atoms with van der Waals surface area (Å²) in [6.07, 6.45) is 10.3. The van der Waals surface area contributed by atoms with Crippen LogP contribution in [0, 0.1) is 0 Å². The maximum Gasteiger partial charge on any atom is 0.0668 e. The average Bonchev–Trinajstić information content (AvgIpc) is 2.50. The number of rotatable bonds is 2. The zero-order chi connectivity index (χ0) is 8.39. The molecule has 0 radical (unpaired) electrons. The molecule has 0 saturated carbocycles. The number of hydrogen-bond acceptors (Lipinski definition) is 2. The van der Waals surface area contributed by atoms with Crippen LogP contribution < -0.4 is 5.73 Å². The van der Waals surface area contributed by atoms with Gasteiger partial charge in [0.05, 0.1) is 5.70 Å². The molecule has 0 atom stereocenters. The van der Waals surface area contributed by atoms with Gasteiger partial charge in [0.25, 0.3) is 0 Å². The van der Waals surface area contributed by atoms with E-state index in [0.29, 0.717) is 6.54 Å². The van der Waals surface area contributed by atoms with E-state index in [1.807, 2.05) is 6.21 Å². The van der Waals surface area contributed by atoms with E-state index in [1.54, 1.807) is 0 Å². The highest BCUT2D eigenvalue weighted by Gasteiger charge is 2.13. The van der Waals surface area contributed by atoms with Crippen molar-refractivity contribution >= 4 is 6.21 Å². The van der Waals surface area contributed by atoms with Gasteiger partial charge in [0, 0.05) is 11.8 Å². The van der Waals surface area contributed by atoms with Crippen LogP contribution in [0.2, 0.25) is 0 Å². The van der Waals surface area contributed by atoms with Crippen LogP contribution in [0.15, 0.2) is 40.1 Å². The minimum atomic E-state index is 0.700. The minimum Gasteiger partial charge on any atom is -0.330 e. The Balaban J connectivity index is 2.31. The van der Waals surface area contributed by atoms with Crippen LogP contribution in [0.3, 0.4) is 0 Å². The van der Waals surface area contributed by atoms with Gasteiger partial charge < -0.3 is 5.73 Å². The van der Waals surface area contributed by atoms with Gasteiger partial charge in [0.2, 0.25) is 0 Å². The number of nitrogens with two attached hydrogens (primary N) is 1. The molecule has 0 fully saturated rings. The van der Waals surface area contributed by atoms with E-state index < -0.39 is 0 Å². The molecule has 0 aromatic carbocycles. The highest BCUT2D eigenvalue weighted by Crippen LogP contribution is 2.27. The summed E-state index contributed by atoms with van der Waals surface area (Å²) in [6.45, 7) is 0.700. The van der Waals surface area contributed by atoms with Crippen molar-refractivity contribution in [2.75, 3.05) is 6.54 Å². The van der Waals surface area contributed by atoms with Crippen molar-refractivity contribution in [3.8, 4) is 0 Å². The maximum absolute atomic E-state index is 5.49. The molecule has 2 N–H and O–H groups in total. The lowest BCUT2D eigenvalue weighted by atomic mass is 10.0. The molecule has 62 valence electrons. The summed E-state index contributed by atoms with van der Waals surface area (Å²) in [7, 11) is 0. The molecule has 0 amide bonds. The van der Waals surface area contributed by atoms with Crippen LogP contribution in [-0.4, -0.2) is 12.8 Å². The fourth-order valence-corrected chi connectivity index (χ4v) is 1.53. The van der Waals surface area contributed by atoms with Gasteiger partial charge in [0.15, 0.2) is 0 Å². The van der Waals surface area contributed by atoms with Crippen LogP contribution in [0.25, 0.3) is 0 Å². The molecular weight excluding hydrogens is 148 g/mol. The zero-order valence-electron chi connectivity index (χ0n) is 6.96.